The van der Waals surface area contributed by atoms with Crippen LogP contribution in [-0.2, 0) is 36.0 Å². The fourth-order valence-corrected chi connectivity index (χ4v) is 5.67. The minimum atomic E-state index is -0.457. The molecule has 35 heavy (non-hydrogen) atoms. The molecular formula is C26H29N5O3S. The minimum Gasteiger partial charge on any atom is -0.449 e. The number of nitriles is 1. The van der Waals surface area contributed by atoms with Crippen LogP contribution in [0.3, 0.4) is 0 Å². The fraction of sp³-hybridized carbons (Fsp3) is 0.385. The third kappa shape index (κ3) is 6.08. The Balaban J connectivity index is 1.31. The van der Waals surface area contributed by atoms with Crippen molar-refractivity contribution >= 4 is 28.3 Å². The van der Waals surface area contributed by atoms with Crippen LogP contribution in [0.25, 0.3) is 0 Å². The first-order chi connectivity index (χ1) is 16.9. The van der Waals surface area contributed by atoms with Gasteiger partial charge in [0.1, 0.15) is 11.1 Å². The summed E-state index contributed by atoms with van der Waals surface area (Å²) in [4.78, 5) is 25.9. The van der Waals surface area contributed by atoms with Gasteiger partial charge in [-0.15, -0.1) is 11.3 Å². The van der Waals surface area contributed by atoms with Gasteiger partial charge in [0.25, 0.3) is 0 Å². The molecule has 2 aromatic heterocycles. The maximum atomic E-state index is 12.7. The molecule has 1 aliphatic rings. The number of carbonyl (C=O) groups excluding carboxylic acids is 2. The molecule has 8 nitrogen and oxygen atoms in total. The van der Waals surface area contributed by atoms with Crippen molar-refractivity contribution in [1.29, 1.82) is 5.26 Å². The Hall–Kier alpha value is -3.64. The molecule has 4 rings (SSSR count). The van der Waals surface area contributed by atoms with Crippen LogP contribution in [0.2, 0.25) is 0 Å². The number of carbonyl (C=O) groups is 2. The summed E-state index contributed by atoms with van der Waals surface area (Å²) in [5.74, 6) is 0.167. The Labute approximate surface area is 208 Å². The van der Waals surface area contributed by atoms with Gasteiger partial charge in [-0.25, -0.2) is 4.79 Å². The number of aromatic nitrogens is 2. The molecule has 0 bridgehead atoms. The molecule has 0 fully saturated rings. The SMILES string of the molecule is CC(CC(=O)Nc1sc2c(c1C#N)CCC(COC(=O)NCc1ccnn1C)C2)c1ccccc1. The number of thiophene rings is 1. The number of anilines is 1. The molecule has 2 atom stereocenters. The number of hydrogen-bond acceptors (Lipinski definition) is 6. The van der Waals surface area contributed by atoms with Gasteiger partial charge in [-0.05, 0) is 48.3 Å². The normalized spacial score (nSPS) is 15.5. The van der Waals surface area contributed by atoms with E-state index in [1.165, 1.54) is 11.3 Å². The summed E-state index contributed by atoms with van der Waals surface area (Å²) in [5.41, 5.74) is 3.58. The molecular weight excluding hydrogens is 462 g/mol. The molecule has 0 aliphatic heterocycles. The van der Waals surface area contributed by atoms with E-state index in [1.54, 1.807) is 10.9 Å². The van der Waals surface area contributed by atoms with Crippen LogP contribution < -0.4 is 10.6 Å². The van der Waals surface area contributed by atoms with Gasteiger partial charge in [0.2, 0.25) is 5.91 Å². The second kappa shape index (κ2) is 11.2. The summed E-state index contributed by atoms with van der Waals surface area (Å²) in [6.07, 6.45) is 3.85. The van der Waals surface area contributed by atoms with Crippen LogP contribution in [-0.4, -0.2) is 28.4 Å². The van der Waals surface area contributed by atoms with E-state index >= 15 is 0 Å². The van der Waals surface area contributed by atoms with Crippen molar-refractivity contribution < 1.29 is 14.3 Å². The van der Waals surface area contributed by atoms with Gasteiger partial charge in [-0.3, -0.25) is 9.48 Å². The summed E-state index contributed by atoms with van der Waals surface area (Å²) >= 11 is 1.47. The lowest BCUT2D eigenvalue weighted by Crippen LogP contribution is -2.28. The van der Waals surface area contributed by atoms with Gasteiger partial charge in [-0.2, -0.15) is 10.4 Å². The zero-order chi connectivity index (χ0) is 24.8. The van der Waals surface area contributed by atoms with E-state index in [0.29, 0.717) is 30.1 Å². The zero-order valence-corrected chi connectivity index (χ0v) is 20.7. The van der Waals surface area contributed by atoms with Gasteiger partial charge < -0.3 is 15.4 Å². The molecule has 3 aromatic rings. The van der Waals surface area contributed by atoms with Crippen molar-refractivity contribution in [3.05, 3.63) is 69.9 Å². The lowest BCUT2D eigenvalue weighted by Gasteiger charge is -2.21. The van der Waals surface area contributed by atoms with Crippen LogP contribution in [0.15, 0.2) is 42.6 Å². The van der Waals surface area contributed by atoms with E-state index in [4.69, 9.17) is 4.74 Å². The van der Waals surface area contributed by atoms with E-state index in [-0.39, 0.29) is 17.7 Å². The molecule has 0 saturated carbocycles. The molecule has 2 N–H and O–H groups in total. The topological polar surface area (TPSA) is 109 Å². The molecule has 0 radical (unpaired) electrons. The number of fused-ring (bicyclic) bond motifs is 1. The lowest BCUT2D eigenvalue weighted by atomic mass is 9.88. The Kier molecular flexibility index (Phi) is 7.83. The predicted molar refractivity (Wildman–Crippen MR) is 134 cm³/mol. The molecule has 0 spiro atoms. The van der Waals surface area contributed by atoms with Gasteiger partial charge in [0.15, 0.2) is 0 Å². The highest BCUT2D eigenvalue weighted by molar-refractivity contribution is 7.16. The van der Waals surface area contributed by atoms with Crippen molar-refractivity contribution in [3.63, 3.8) is 0 Å². The fourth-order valence-electron chi connectivity index (χ4n) is 4.34. The molecule has 0 saturated heterocycles. The van der Waals surface area contributed by atoms with Crippen molar-refractivity contribution in [1.82, 2.24) is 15.1 Å². The van der Waals surface area contributed by atoms with Crippen molar-refractivity contribution in [2.45, 2.75) is 45.1 Å². The smallest absolute Gasteiger partial charge is 0.407 e. The van der Waals surface area contributed by atoms with Crippen LogP contribution in [0.4, 0.5) is 9.80 Å². The first-order valence-corrected chi connectivity index (χ1v) is 12.5. The standard InChI is InChI=1S/C26H29N5O3S/c1-17(19-6-4-3-5-7-19)12-24(32)30-25-22(14-27)21-9-8-18(13-23(21)35-25)16-34-26(33)28-15-20-10-11-29-31(20)2/h3-7,10-11,17-18H,8-9,12-13,15-16H2,1-2H3,(H,28,33)(H,30,32). The van der Waals surface area contributed by atoms with Crippen LogP contribution >= 0.6 is 11.3 Å². The van der Waals surface area contributed by atoms with Crippen LogP contribution in [0.1, 0.15) is 52.9 Å². The second-order valence-electron chi connectivity index (χ2n) is 8.89. The Bertz CT molecular complexity index is 1230. The van der Waals surface area contributed by atoms with Gasteiger partial charge in [0.05, 0.1) is 24.4 Å². The van der Waals surface area contributed by atoms with Gasteiger partial charge in [0, 0.05) is 24.5 Å². The molecule has 182 valence electrons. The Morgan fingerprint density at radius 3 is 2.83 bits per heavy atom. The van der Waals surface area contributed by atoms with E-state index in [1.807, 2.05) is 50.4 Å². The maximum absolute atomic E-state index is 12.7. The Morgan fingerprint density at radius 2 is 2.11 bits per heavy atom. The highest BCUT2D eigenvalue weighted by atomic mass is 32.1. The van der Waals surface area contributed by atoms with Crippen molar-refractivity contribution in [2.75, 3.05) is 11.9 Å². The quantitative estimate of drug-likeness (QED) is 0.482. The first-order valence-electron chi connectivity index (χ1n) is 11.7. The Morgan fingerprint density at radius 1 is 1.31 bits per heavy atom. The van der Waals surface area contributed by atoms with Crippen LogP contribution in [0.5, 0.6) is 0 Å². The number of amides is 2. The third-order valence-electron chi connectivity index (χ3n) is 6.38. The lowest BCUT2D eigenvalue weighted by molar-refractivity contribution is -0.116. The van der Waals surface area contributed by atoms with E-state index in [9.17, 15) is 14.9 Å². The molecule has 2 heterocycles. The largest absolute Gasteiger partial charge is 0.449 e. The summed E-state index contributed by atoms with van der Waals surface area (Å²) in [6.45, 7) is 2.69. The van der Waals surface area contributed by atoms with Crippen molar-refractivity contribution in [2.24, 2.45) is 13.0 Å². The molecule has 1 aliphatic carbocycles. The average Bonchev–Trinajstić information content (AvgIpc) is 3.43. The monoisotopic (exact) mass is 491 g/mol. The summed E-state index contributed by atoms with van der Waals surface area (Å²) in [5, 5.41) is 20.2. The number of hydrogen-bond donors (Lipinski definition) is 2. The first kappa shape index (κ1) is 24.5. The number of benzene rings is 1. The number of alkyl carbamates (subject to hydrolysis) is 1. The summed E-state index contributed by atoms with van der Waals surface area (Å²) in [6, 6.07) is 14.1. The van der Waals surface area contributed by atoms with Crippen molar-refractivity contribution in [3.8, 4) is 6.07 Å². The van der Waals surface area contributed by atoms with E-state index < -0.39 is 6.09 Å². The highest BCUT2D eigenvalue weighted by Crippen LogP contribution is 2.39. The molecule has 1 aromatic carbocycles. The molecule has 9 heteroatoms. The van der Waals surface area contributed by atoms with E-state index in [0.717, 1.165) is 41.0 Å². The van der Waals surface area contributed by atoms with Crippen LogP contribution in [0, 0.1) is 17.2 Å². The number of rotatable bonds is 8. The number of aryl methyl sites for hydroxylation is 1. The third-order valence-corrected chi connectivity index (χ3v) is 7.55. The van der Waals surface area contributed by atoms with Gasteiger partial charge >= 0.3 is 6.09 Å². The second-order valence-corrected chi connectivity index (χ2v) is 10.00. The maximum Gasteiger partial charge on any atom is 0.407 e. The minimum absolute atomic E-state index is 0.0851. The van der Waals surface area contributed by atoms with Gasteiger partial charge in [-0.1, -0.05) is 37.3 Å². The average molecular weight is 492 g/mol. The molecule has 2 unspecified atom stereocenters. The highest BCUT2D eigenvalue weighted by Gasteiger charge is 2.27. The summed E-state index contributed by atoms with van der Waals surface area (Å²) in [7, 11) is 1.82. The predicted octanol–water partition coefficient (Wildman–Crippen LogP) is 4.52. The molecule has 2 amide bonds. The number of nitrogens with zero attached hydrogens (tertiary/aromatic N) is 3. The summed E-state index contributed by atoms with van der Waals surface area (Å²) < 4.78 is 7.14. The van der Waals surface area contributed by atoms with E-state index in [2.05, 4.69) is 21.8 Å². The number of nitrogens with one attached hydrogen (secondary N) is 2. The zero-order valence-electron chi connectivity index (χ0n) is 19.9. The number of ether oxygens (including phenoxy) is 1.